The number of hydrogen-bond acceptors (Lipinski definition) is 4. The summed E-state index contributed by atoms with van der Waals surface area (Å²) in [5, 5.41) is 3.28. The number of oxazole rings is 1. The predicted octanol–water partition coefficient (Wildman–Crippen LogP) is 4.17. The maximum atomic E-state index is 13.2. The zero-order valence-electron chi connectivity index (χ0n) is 15.6. The molecule has 1 aliphatic carbocycles. The molecule has 142 valence electrons. The van der Waals surface area contributed by atoms with Crippen LogP contribution in [0.2, 0.25) is 0 Å². The van der Waals surface area contributed by atoms with Crippen molar-refractivity contribution in [3.63, 3.8) is 0 Å². The number of carbonyl (C=O) groups excluding carboxylic acids is 1. The van der Waals surface area contributed by atoms with Gasteiger partial charge in [0.1, 0.15) is 5.69 Å². The molecule has 3 aromatic rings. The normalized spacial score (nSPS) is 20.1. The number of amides is 1. The van der Waals surface area contributed by atoms with Gasteiger partial charge in [-0.05, 0) is 30.4 Å². The van der Waals surface area contributed by atoms with Crippen molar-refractivity contribution in [2.45, 2.75) is 25.3 Å². The smallest absolute Gasteiger partial charge is 0.289 e. The second-order valence-electron chi connectivity index (χ2n) is 7.65. The molecule has 1 aromatic heterocycles. The van der Waals surface area contributed by atoms with Gasteiger partial charge in [-0.3, -0.25) is 4.79 Å². The van der Waals surface area contributed by atoms with E-state index in [1.54, 1.807) is 0 Å². The van der Waals surface area contributed by atoms with Gasteiger partial charge in [-0.1, -0.05) is 54.6 Å². The van der Waals surface area contributed by atoms with Crippen LogP contribution in [-0.4, -0.2) is 24.1 Å². The summed E-state index contributed by atoms with van der Waals surface area (Å²) >= 11 is 0. The van der Waals surface area contributed by atoms with Gasteiger partial charge in [0.15, 0.2) is 6.39 Å². The number of fused-ring (bicyclic) bond motifs is 1. The lowest BCUT2D eigenvalue weighted by Crippen LogP contribution is -2.42. The number of benzene rings is 2. The standard InChI is InChI=1S/C23H22N2O3/c26-22(20-19(24-15-28-20)16-6-2-1-3-7-16)25-21-18-9-5-4-8-17(18)14-23(21)10-12-27-13-11-23/h1-9,15,21H,10-14H2,(H,25,26)/t21-/m0/s1. The average molecular weight is 374 g/mol. The molecule has 1 amide bonds. The average Bonchev–Trinajstić information content (AvgIpc) is 3.33. The van der Waals surface area contributed by atoms with Crippen molar-refractivity contribution in [2.24, 2.45) is 5.41 Å². The highest BCUT2D eigenvalue weighted by molar-refractivity contribution is 5.97. The third-order valence-electron chi connectivity index (χ3n) is 6.11. The minimum atomic E-state index is -0.219. The fourth-order valence-corrected chi connectivity index (χ4v) is 4.67. The Morgan fingerprint density at radius 3 is 2.61 bits per heavy atom. The third kappa shape index (κ3) is 2.83. The van der Waals surface area contributed by atoms with Crippen LogP contribution >= 0.6 is 0 Å². The molecule has 5 nitrogen and oxygen atoms in total. The molecule has 0 unspecified atom stereocenters. The van der Waals surface area contributed by atoms with E-state index in [1.165, 1.54) is 17.5 Å². The molecule has 1 saturated heterocycles. The zero-order valence-corrected chi connectivity index (χ0v) is 15.6. The van der Waals surface area contributed by atoms with Crippen LogP contribution in [0.5, 0.6) is 0 Å². The van der Waals surface area contributed by atoms with E-state index >= 15 is 0 Å². The molecule has 1 atom stereocenters. The van der Waals surface area contributed by atoms with Gasteiger partial charge >= 0.3 is 0 Å². The zero-order chi connectivity index (χ0) is 19.0. The van der Waals surface area contributed by atoms with E-state index in [-0.39, 0.29) is 23.1 Å². The number of aromatic nitrogens is 1. The Bertz CT molecular complexity index is 990. The van der Waals surface area contributed by atoms with Crippen molar-refractivity contribution in [1.82, 2.24) is 10.3 Å². The minimum absolute atomic E-state index is 0.00449. The van der Waals surface area contributed by atoms with Crippen LogP contribution in [0.25, 0.3) is 11.3 Å². The summed E-state index contributed by atoms with van der Waals surface area (Å²) in [7, 11) is 0. The van der Waals surface area contributed by atoms with E-state index in [2.05, 4.69) is 28.5 Å². The van der Waals surface area contributed by atoms with Crippen LogP contribution in [0.4, 0.5) is 0 Å². The highest BCUT2D eigenvalue weighted by Gasteiger charge is 2.47. The molecule has 5 rings (SSSR count). The summed E-state index contributed by atoms with van der Waals surface area (Å²) in [5.41, 5.74) is 3.97. The molecular weight excluding hydrogens is 352 g/mol. The second kappa shape index (κ2) is 6.91. The van der Waals surface area contributed by atoms with Crippen LogP contribution in [0.1, 0.15) is 40.6 Å². The lowest BCUT2D eigenvalue weighted by molar-refractivity contribution is 0.000357. The summed E-state index contributed by atoms with van der Waals surface area (Å²) in [5.74, 6) is 0.0433. The molecule has 5 heteroatoms. The van der Waals surface area contributed by atoms with Gasteiger partial charge in [-0.2, -0.15) is 0 Å². The SMILES string of the molecule is O=C(N[C@H]1c2ccccc2CC12CCOCC2)c1ocnc1-c1ccccc1. The topological polar surface area (TPSA) is 64.4 Å². The molecule has 1 N–H and O–H groups in total. The van der Waals surface area contributed by atoms with Crippen LogP contribution in [0.15, 0.2) is 65.4 Å². The Hall–Kier alpha value is -2.92. The maximum absolute atomic E-state index is 13.2. The van der Waals surface area contributed by atoms with Gasteiger partial charge in [0, 0.05) is 24.2 Å². The lowest BCUT2D eigenvalue weighted by Gasteiger charge is -2.39. The highest BCUT2D eigenvalue weighted by Crippen LogP contribution is 2.51. The molecule has 1 fully saturated rings. The Kier molecular flexibility index (Phi) is 4.24. The molecule has 0 radical (unpaired) electrons. The molecule has 28 heavy (non-hydrogen) atoms. The van der Waals surface area contributed by atoms with Crippen LogP contribution in [-0.2, 0) is 11.2 Å². The molecule has 0 saturated carbocycles. The number of nitrogens with one attached hydrogen (secondary N) is 1. The monoisotopic (exact) mass is 374 g/mol. The van der Waals surface area contributed by atoms with Crippen molar-refractivity contribution >= 4 is 5.91 Å². The van der Waals surface area contributed by atoms with Gasteiger partial charge in [0.2, 0.25) is 5.76 Å². The quantitative estimate of drug-likeness (QED) is 0.747. The number of carbonyl (C=O) groups is 1. The first-order valence-electron chi connectivity index (χ1n) is 9.72. The Morgan fingerprint density at radius 1 is 1.04 bits per heavy atom. The number of ether oxygens (including phenoxy) is 1. The van der Waals surface area contributed by atoms with Crippen molar-refractivity contribution < 1.29 is 13.9 Å². The summed E-state index contributed by atoms with van der Waals surface area (Å²) in [6, 6.07) is 18.0. The van der Waals surface area contributed by atoms with Crippen molar-refractivity contribution in [3.05, 3.63) is 77.9 Å². The minimum Gasteiger partial charge on any atom is -0.438 e. The summed E-state index contributed by atoms with van der Waals surface area (Å²) in [4.78, 5) is 17.5. The molecule has 2 heterocycles. The molecular formula is C23H22N2O3. The summed E-state index contributed by atoms with van der Waals surface area (Å²) < 4.78 is 11.1. The van der Waals surface area contributed by atoms with Crippen LogP contribution in [0.3, 0.4) is 0 Å². The first-order valence-corrected chi connectivity index (χ1v) is 9.72. The molecule has 1 spiro atoms. The third-order valence-corrected chi connectivity index (χ3v) is 6.11. The van der Waals surface area contributed by atoms with E-state index in [0.717, 1.165) is 38.0 Å². The predicted molar refractivity (Wildman–Crippen MR) is 105 cm³/mol. The first kappa shape index (κ1) is 17.2. The van der Waals surface area contributed by atoms with Gasteiger partial charge in [-0.15, -0.1) is 0 Å². The summed E-state index contributed by atoms with van der Waals surface area (Å²) in [6.07, 6.45) is 4.19. The molecule has 1 aliphatic heterocycles. The van der Waals surface area contributed by atoms with Crippen LogP contribution < -0.4 is 5.32 Å². The van der Waals surface area contributed by atoms with Crippen molar-refractivity contribution in [1.29, 1.82) is 0 Å². The Balaban J connectivity index is 1.48. The lowest BCUT2D eigenvalue weighted by atomic mass is 9.74. The highest BCUT2D eigenvalue weighted by atomic mass is 16.5. The van der Waals surface area contributed by atoms with Crippen LogP contribution in [0, 0.1) is 5.41 Å². The maximum Gasteiger partial charge on any atom is 0.289 e. The Labute approximate surface area is 163 Å². The van der Waals surface area contributed by atoms with Gasteiger partial charge < -0.3 is 14.5 Å². The van der Waals surface area contributed by atoms with E-state index in [9.17, 15) is 4.79 Å². The fraction of sp³-hybridized carbons (Fsp3) is 0.304. The van der Waals surface area contributed by atoms with E-state index in [4.69, 9.17) is 9.15 Å². The molecule has 2 aliphatic rings. The largest absolute Gasteiger partial charge is 0.438 e. The van der Waals surface area contributed by atoms with E-state index in [0.29, 0.717) is 5.69 Å². The fourth-order valence-electron chi connectivity index (χ4n) is 4.67. The number of hydrogen-bond donors (Lipinski definition) is 1. The van der Waals surface area contributed by atoms with Crippen molar-refractivity contribution in [3.8, 4) is 11.3 Å². The molecule has 2 aromatic carbocycles. The Morgan fingerprint density at radius 2 is 1.79 bits per heavy atom. The summed E-state index contributed by atoms with van der Waals surface area (Å²) in [6.45, 7) is 1.47. The van der Waals surface area contributed by atoms with Gasteiger partial charge in [-0.25, -0.2) is 4.98 Å². The molecule has 0 bridgehead atoms. The van der Waals surface area contributed by atoms with Gasteiger partial charge in [0.05, 0.1) is 6.04 Å². The second-order valence-corrected chi connectivity index (χ2v) is 7.65. The van der Waals surface area contributed by atoms with Crippen molar-refractivity contribution in [2.75, 3.05) is 13.2 Å². The van der Waals surface area contributed by atoms with E-state index in [1.807, 2.05) is 36.4 Å². The number of rotatable bonds is 3. The number of nitrogens with zero attached hydrogens (tertiary/aromatic N) is 1. The van der Waals surface area contributed by atoms with Gasteiger partial charge in [0.25, 0.3) is 5.91 Å². The van der Waals surface area contributed by atoms with E-state index < -0.39 is 0 Å². The first-order chi connectivity index (χ1) is 13.8.